The Bertz CT molecular complexity index is 714. The standard InChI is InChI=1S/C18H36O2.C9H7NO.Ba.2H/c1-2-3-4-5-6-7-8-9-10-11-12-13-14-15-16-17-18(19)20;11-8-5-1-3-7-4-2-6-10-9(7)8;;;/h2-17H2,1H3,(H,19,20);1-6,11H;;;/q;;+2;2*-1. The van der Waals surface area contributed by atoms with E-state index in [-0.39, 0.29) is 57.5 Å². The Morgan fingerprint density at radius 1 is 0.781 bits per heavy atom. The minimum atomic E-state index is -0.653. The van der Waals surface area contributed by atoms with E-state index in [2.05, 4.69) is 11.9 Å². The Morgan fingerprint density at radius 3 is 1.72 bits per heavy atom. The molecule has 2 aromatic rings. The molecule has 32 heavy (non-hydrogen) atoms. The fraction of sp³-hybridized carbons (Fsp3) is 0.630. The van der Waals surface area contributed by atoms with Gasteiger partial charge in [0.2, 0.25) is 0 Å². The van der Waals surface area contributed by atoms with E-state index in [9.17, 15) is 9.90 Å². The molecule has 0 unspecified atom stereocenters. The molecule has 4 nitrogen and oxygen atoms in total. The van der Waals surface area contributed by atoms with Crippen molar-refractivity contribution in [3.05, 3.63) is 36.5 Å². The summed E-state index contributed by atoms with van der Waals surface area (Å²) in [7, 11) is 0. The summed E-state index contributed by atoms with van der Waals surface area (Å²) in [5.41, 5.74) is 0.662. The molecule has 0 saturated carbocycles. The van der Waals surface area contributed by atoms with E-state index in [0.717, 1.165) is 18.2 Å². The molecule has 0 fully saturated rings. The van der Waals surface area contributed by atoms with Crippen LogP contribution < -0.4 is 0 Å². The second-order valence-corrected chi connectivity index (χ2v) is 8.45. The van der Waals surface area contributed by atoms with Gasteiger partial charge < -0.3 is 13.1 Å². The Kier molecular flexibility index (Phi) is 21.9. The fourth-order valence-electron chi connectivity index (χ4n) is 3.74. The molecule has 178 valence electrons. The maximum atomic E-state index is 10.3. The molecular formula is C27H45BaNO3. The van der Waals surface area contributed by atoms with E-state index >= 15 is 0 Å². The number of nitrogens with zero attached hydrogens (tertiary/aromatic N) is 1. The number of carboxylic acid groups (broad SMARTS) is 1. The van der Waals surface area contributed by atoms with Crippen LogP contribution in [0.3, 0.4) is 0 Å². The maximum absolute atomic E-state index is 10.3. The largest absolute Gasteiger partial charge is 2.00 e. The van der Waals surface area contributed by atoms with Gasteiger partial charge in [0, 0.05) is 18.0 Å². The van der Waals surface area contributed by atoms with Gasteiger partial charge in [-0.1, -0.05) is 115 Å². The quantitative estimate of drug-likeness (QED) is 0.158. The summed E-state index contributed by atoms with van der Waals surface area (Å²) in [6.45, 7) is 2.27. The van der Waals surface area contributed by atoms with Gasteiger partial charge in [0.1, 0.15) is 11.3 Å². The predicted molar refractivity (Wildman–Crippen MR) is 139 cm³/mol. The molecule has 5 heteroatoms. The molecule has 0 atom stereocenters. The minimum Gasteiger partial charge on any atom is -1.00 e. The van der Waals surface area contributed by atoms with Gasteiger partial charge in [0.15, 0.2) is 0 Å². The van der Waals surface area contributed by atoms with Crippen LogP contribution in [-0.2, 0) is 4.79 Å². The number of fused-ring (bicyclic) bond motifs is 1. The first kappa shape index (κ1) is 31.5. The van der Waals surface area contributed by atoms with E-state index in [0.29, 0.717) is 11.9 Å². The van der Waals surface area contributed by atoms with Gasteiger partial charge in [0.25, 0.3) is 0 Å². The number of benzene rings is 1. The van der Waals surface area contributed by atoms with Gasteiger partial charge in [-0.15, -0.1) is 0 Å². The molecule has 0 saturated heterocycles. The number of pyridine rings is 1. The normalized spacial score (nSPS) is 10.3. The fourth-order valence-corrected chi connectivity index (χ4v) is 3.74. The molecule has 0 aliphatic heterocycles. The molecule has 0 aliphatic rings. The number of carboxylic acids is 1. The number of carbonyl (C=O) groups is 1. The Balaban J connectivity index is -0.000000582. The SMILES string of the molecule is CCCCCCCCCCCCCCCCCC(=O)O.Oc1cccc2cccnc12.[Ba+2].[H-].[H-]. The van der Waals surface area contributed by atoms with Crippen molar-refractivity contribution in [1.82, 2.24) is 4.98 Å². The van der Waals surface area contributed by atoms with Crippen LogP contribution in [0.4, 0.5) is 0 Å². The zero-order valence-corrected chi connectivity index (χ0v) is 24.7. The first-order valence-corrected chi connectivity index (χ1v) is 12.4. The summed E-state index contributed by atoms with van der Waals surface area (Å²) in [5.74, 6) is -0.414. The molecule has 0 bridgehead atoms. The number of rotatable bonds is 16. The molecule has 0 amide bonds. The zero-order valence-electron chi connectivity index (χ0n) is 22.2. The summed E-state index contributed by atoms with van der Waals surface area (Å²) in [5, 5.41) is 18.8. The van der Waals surface area contributed by atoms with Crippen molar-refractivity contribution in [2.45, 2.75) is 110 Å². The minimum absolute atomic E-state index is 0. The van der Waals surface area contributed by atoms with Crippen molar-refractivity contribution in [2.24, 2.45) is 0 Å². The van der Waals surface area contributed by atoms with Crippen molar-refractivity contribution in [3.8, 4) is 5.75 Å². The predicted octanol–water partition coefficient (Wildman–Crippen LogP) is 8.12. The van der Waals surface area contributed by atoms with Crippen molar-refractivity contribution in [3.63, 3.8) is 0 Å². The number of hydrogen-bond acceptors (Lipinski definition) is 3. The van der Waals surface area contributed by atoms with Crippen LogP contribution in [0.25, 0.3) is 10.9 Å². The van der Waals surface area contributed by atoms with Gasteiger partial charge >= 0.3 is 54.9 Å². The van der Waals surface area contributed by atoms with E-state index in [1.54, 1.807) is 18.3 Å². The molecular weight excluding hydrogens is 524 g/mol. The average molecular weight is 569 g/mol. The number of para-hydroxylation sites is 1. The van der Waals surface area contributed by atoms with Crippen LogP contribution in [0.2, 0.25) is 0 Å². The first-order valence-electron chi connectivity index (χ1n) is 12.4. The number of hydrogen-bond donors (Lipinski definition) is 2. The van der Waals surface area contributed by atoms with Crippen molar-refractivity contribution in [2.75, 3.05) is 0 Å². The smallest absolute Gasteiger partial charge is 1.00 e. The molecule has 2 rings (SSSR count). The van der Waals surface area contributed by atoms with E-state index < -0.39 is 5.97 Å². The van der Waals surface area contributed by atoms with Gasteiger partial charge in [-0.2, -0.15) is 0 Å². The van der Waals surface area contributed by atoms with Crippen LogP contribution in [0.1, 0.15) is 113 Å². The number of phenolic OH excluding ortho intramolecular Hbond substituents is 1. The Morgan fingerprint density at radius 2 is 1.25 bits per heavy atom. The second kappa shape index (κ2) is 22.3. The Labute approximate surface area is 238 Å². The molecule has 0 spiro atoms. The molecule has 1 aromatic carbocycles. The van der Waals surface area contributed by atoms with Crippen LogP contribution >= 0.6 is 0 Å². The van der Waals surface area contributed by atoms with Crippen LogP contribution in [-0.4, -0.2) is 70.0 Å². The monoisotopic (exact) mass is 569 g/mol. The van der Waals surface area contributed by atoms with Crippen LogP contribution in [0.15, 0.2) is 36.5 Å². The summed E-state index contributed by atoms with van der Waals surface area (Å²) < 4.78 is 0. The zero-order chi connectivity index (χ0) is 22.6. The van der Waals surface area contributed by atoms with Crippen molar-refractivity contribution in [1.29, 1.82) is 0 Å². The average Bonchev–Trinajstić information content (AvgIpc) is 2.77. The third-order valence-corrected chi connectivity index (χ3v) is 5.61. The number of aromatic hydroxyl groups is 1. The van der Waals surface area contributed by atoms with Gasteiger partial charge in [-0.3, -0.25) is 9.78 Å². The van der Waals surface area contributed by atoms with Crippen LogP contribution in [0, 0.1) is 0 Å². The van der Waals surface area contributed by atoms with E-state index in [4.69, 9.17) is 5.11 Å². The third kappa shape index (κ3) is 17.0. The summed E-state index contributed by atoms with van der Waals surface area (Å²) >= 11 is 0. The Hall–Kier alpha value is -0.529. The molecule has 0 aliphatic carbocycles. The van der Waals surface area contributed by atoms with Crippen molar-refractivity contribution >= 4 is 65.8 Å². The number of unbranched alkanes of at least 4 members (excludes halogenated alkanes) is 14. The summed E-state index contributed by atoms with van der Waals surface area (Å²) in [4.78, 5) is 14.4. The number of phenols is 1. The summed E-state index contributed by atoms with van der Waals surface area (Å²) in [6.07, 6.45) is 21.9. The maximum Gasteiger partial charge on any atom is 2.00 e. The van der Waals surface area contributed by atoms with Crippen LogP contribution in [0.5, 0.6) is 5.75 Å². The summed E-state index contributed by atoms with van der Waals surface area (Å²) in [6, 6.07) is 9.13. The number of aliphatic carboxylic acids is 1. The van der Waals surface area contributed by atoms with Crippen molar-refractivity contribution < 1.29 is 17.9 Å². The second-order valence-electron chi connectivity index (χ2n) is 8.45. The molecule has 1 heterocycles. The van der Waals surface area contributed by atoms with E-state index in [1.807, 2.05) is 18.2 Å². The van der Waals surface area contributed by atoms with Gasteiger partial charge in [0.05, 0.1) is 0 Å². The van der Waals surface area contributed by atoms with Gasteiger partial charge in [-0.25, -0.2) is 0 Å². The topological polar surface area (TPSA) is 70.4 Å². The van der Waals surface area contributed by atoms with E-state index in [1.165, 1.54) is 83.5 Å². The third-order valence-electron chi connectivity index (χ3n) is 5.61. The first-order chi connectivity index (χ1) is 15.1. The molecule has 0 radical (unpaired) electrons. The van der Waals surface area contributed by atoms with Gasteiger partial charge in [-0.05, 0) is 18.6 Å². The molecule has 1 aromatic heterocycles. The number of aromatic nitrogens is 1. The molecule has 2 N–H and O–H groups in total.